The van der Waals surface area contributed by atoms with Gasteiger partial charge >= 0.3 is 0 Å². The maximum atomic E-state index is 4.42. The van der Waals surface area contributed by atoms with Crippen LogP contribution in [0.2, 0.25) is 0 Å². The summed E-state index contributed by atoms with van der Waals surface area (Å²) >= 11 is 2.34. The largest absolute Gasteiger partial charge is 0.306 e. The van der Waals surface area contributed by atoms with E-state index >= 15 is 0 Å². The molecule has 1 atom stereocenters. The van der Waals surface area contributed by atoms with Crippen molar-refractivity contribution in [3.8, 4) is 0 Å². The number of pyridine rings is 1. The summed E-state index contributed by atoms with van der Waals surface area (Å²) in [6, 6.07) is 17.3. The third-order valence-corrected chi connectivity index (χ3v) is 4.34. The first kappa shape index (κ1) is 14.5. The van der Waals surface area contributed by atoms with Crippen molar-refractivity contribution in [1.82, 2.24) is 10.3 Å². The molecule has 3 heteroatoms. The van der Waals surface area contributed by atoms with Crippen LogP contribution in [0.5, 0.6) is 0 Å². The molecule has 2 aromatic carbocycles. The van der Waals surface area contributed by atoms with Gasteiger partial charge in [0.05, 0.1) is 6.04 Å². The summed E-state index contributed by atoms with van der Waals surface area (Å²) in [5.74, 6) is 0. The van der Waals surface area contributed by atoms with Gasteiger partial charge in [-0.15, -0.1) is 0 Å². The molecule has 0 saturated carbocycles. The predicted molar refractivity (Wildman–Crippen MR) is 96.4 cm³/mol. The summed E-state index contributed by atoms with van der Waals surface area (Å²) in [6.45, 7) is 3.05. The summed E-state index contributed by atoms with van der Waals surface area (Å²) < 4.78 is 1.25. The molecule has 0 fully saturated rings. The van der Waals surface area contributed by atoms with E-state index in [0.29, 0.717) is 0 Å². The second-order valence-corrected chi connectivity index (χ2v) is 6.24. The van der Waals surface area contributed by atoms with Crippen molar-refractivity contribution in [3.63, 3.8) is 0 Å². The molecule has 3 rings (SSSR count). The standard InChI is InChI=1S/C18H17IN2/c1-2-21-18(13-7-9-15(19)10-8-13)17-12-20-11-14-5-3-4-6-16(14)17/h3-12,18,21H,2H2,1H3. The van der Waals surface area contributed by atoms with Gasteiger partial charge in [0, 0.05) is 21.4 Å². The zero-order chi connectivity index (χ0) is 14.7. The molecule has 0 aliphatic carbocycles. The van der Waals surface area contributed by atoms with Crippen molar-refractivity contribution in [1.29, 1.82) is 0 Å². The first-order chi connectivity index (χ1) is 10.3. The Morgan fingerprint density at radius 3 is 2.57 bits per heavy atom. The van der Waals surface area contributed by atoms with Gasteiger partial charge in [0.15, 0.2) is 0 Å². The number of halogens is 1. The van der Waals surface area contributed by atoms with Crippen molar-refractivity contribution in [2.75, 3.05) is 6.54 Å². The van der Waals surface area contributed by atoms with E-state index in [-0.39, 0.29) is 6.04 Å². The molecule has 1 aromatic heterocycles. The molecule has 0 spiro atoms. The Bertz CT molecular complexity index is 732. The highest BCUT2D eigenvalue weighted by molar-refractivity contribution is 14.1. The van der Waals surface area contributed by atoms with E-state index in [2.05, 4.69) is 88.3 Å². The van der Waals surface area contributed by atoms with Crippen molar-refractivity contribution < 1.29 is 0 Å². The van der Waals surface area contributed by atoms with Crippen LogP contribution in [0.15, 0.2) is 60.9 Å². The van der Waals surface area contributed by atoms with Gasteiger partial charge < -0.3 is 5.32 Å². The topological polar surface area (TPSA) is 24.9 Å². The number of nitrogens with one attached hydrogen (secondary N) is 1. The summed E-state index contributed by atoms with van der Waals surface area (Å²) in [6.07, 6.45) is 3.91. The monoisotopic (exact) mass is 388 g/mol. The molecular weight excluding hydrogens is 371 g/mol. The lowest BCUT2D eigenvalue weighted by Crippen LogP contribution is -2.22. The van der Waals surface area contributed by atoms with E-state index in [1.807, 2.05) is 12.4 Å². The molecule has 0 aliphatic rings. The highest BCUT2D eigenvalue weighted by Gasteiger charge is 2.15. The Morgan fingerprint density at radius 1 is 1.05 bits per heavy atom. The fourth-order valence-corrected chi connectivity index (χ4v) is 3.00. The number of rotatable bonds is 4. The van der Waals surface area contributed by atoms with Crippen LogP contribution in [-0.2, 0) is 0 Å². The van der Waals surface area contributed by atoms with Crippen molar-refractivity contribution in [2.45, 2.75) is 13.0 Å². The molecule has 0 saturated heterocycles. The summed E-state index contributed by atoms with van der Waals surface area (Å²) in [7, 11) is 0. The van der Waals surface area contributed by atoms with Crippen LogP contribution >= 0.6 is 22.6 Å². The fourth-order valence-electron chi connectivity index (χ4n) is 2.64. The average molecular weight is 388 g/mol. The third kappa shape index (κ3) is 3.09. The predicted octanol–water partition coefficient (Wildman–Crippen LogP) is 4.54. The van der Waals surface area contributed by atoms with Gasteiger partial charge in [-0.3, -0.25) is 4.98 Å². The number of benzene rings is 2. The van der Waals surface area contributed by atoms with Gasteiger partial charge in [-0.1, -0.05) is 43.3 Å². The number of hydrogen-bond acceptors (Lipinski definition) is 2. The second kappa shape index (κ2) is 6.54. The summed E-state index contributed by atoms with van der Waals surface area (Å²) in [5, 5.41) is 6.03. The maximum absolute atomic E-state index is 4.42. The SMILES string of the molecule is CCNC(c1ccc(I)cc1)c1cncc2ccccc12. The van der Waals surface area contributed by atoms with Gasteiger partial charge in [0.25, 0.3) is 0 Å². The van der Waals surface area contributed by atoms with E-state index in [0.717, 1.165) is 6.54 Å². The fraction of sp³-hybridized carbons (Fsp3) is 0.167. The summed E-state index contributed by atoms with van der Waals surface area (Å²) in [5.41, 5.74) is 2.51. The lowest BCUT2D eigenvalue weighted by atomic mass is 9.96. The van der Waals surface area contributed by atoms with Gasteiger partial charge in [-0.25, -0.2) is 0 Å². The Hall–Kier alpha value is -1.46. The van der Waals surface area contributed by atoms with Crippen molar-refractivity contribution in [3.05, 3.63) is 75.6 Å². The molecule has 0 radical (unpaired) electrons. The highest BCUT2D eigenvalue weighted by Crippen LogP contribution is 2.28. The second-order valence-electron chi connectivity index (χ2n) is 4.99. The molecule has 1 unspecified atom stereocenters. The first-order valence-electron chi connectivity index (χ1n) is 7.11. The van der Waals surface area contributed by atoms with Crippen LogP contribution in [0.3, 0.4) is 0 Å². The first-order valence-corrected chi connectivity index (χ1v) is 8.19. The Labute approximate surface area is 138 Å². The van der Waals surface area contributed by atoms with E-state index in [9.17, 15) is 0 Å². The minimum Gasteiger partial charge on any atom is -0.306 e. The molecule has 1 heterocycles. The Kier molecular flexibility index (Phi) is 4.51. The van der Waals surface area contributed by atoms with E-state index in [1.54, 1.807) is 0 Å². The van der Waals surface area contributed by atoms with E-state index < -0.39 is 0 Å². The Balaban J connectivity index is 2.13. The van der Waals surface area contributed by atoms with Crippen LogP contribution in [0.25, 0.3) is 10.8 Å². The molecule has 106 valence electrons. The third-order valence-electron chi connectivity index (χ3n) is 3.62. The minimum absolute atomic E-state index is 0.172. The lowest BCUT2D eigenvalue weighted by Gasteiger charge is -2.20. The molecule has 0 aliphatic heterocycles. The average Bonchev–Trinajstić information content (AvgIpc) is 2.53. The number of aromatic nitrogens is 1. The van der Waals surface area contributed by atoms with Crippen LogP contribution in [0.4, 0.5) is 0 Å². The zero-order valence-corrected chi connectivity index (χ0v) is 14.0. The molecule has 3 aromatic rings. The number of nitrogens with zero attached hydrogens (tertiary/aromatic N) is 1. The molecular formula is C18H17IN2. The molecule has 0 amide bonds. The van der Waals surface area contributed by atoms with Gasteiger partial charge in [0.2, 0.25) is 0 Å². The van der Waals surface area contributed by atoms with Gasteiger partial charge in [0.1, 0.15) is 0 Å². The number of hydrogen-bond donors (Lipinski definition) is 1. The van der Waals surface area contributed by atoms with E-state index in [1.165, 1.54) is 25.5 Å². The van der Waals surface area contributed by atoms with Crippen LogP contribution in [0, 0.1) is 3.57 Å². The maximum Gasteiger partial charge on any atom is 0.0598 e. The van der Waals surface area contributed by atoms with Crippen LogP contribution in [0.1, 0.15) is 24.1 Å². The molecule has 1 N–H and O–H groups in total. The van der Waals surface area contributed by atoms with Crippen molar-refractivity contribution >= 4 is 33.4 Å². The minimum atomic E-state index is 0.172. The molecule has 21 heavy (non-hydrogen) atoms. The van der Waals surface area contributed by atoms with Crippen molar-refractivity contribution in [2.24, 2.45) is 0 Å². The quantitative estimate of drug-likeness (QED) is 0.664. The zero-order valence-electron chi connectivity index (χ0n) is 11.9. The molecule has 2 nitrogen and oxygen atoms in total. The van der Waals surface area contributed by atoms with E-state index in [4.69, 9.17) is 0 Å². The van der Waals surface area contributed by atoms with Crippen LogP contribution in [-0.4, -0.2) is 11.5 Å². The highest BCUT2D eigenvalue weighted by atomic mass is 127. The number of fused-ring (bicyclic) bond motifs is 1. The smallest absolute Gasteiger partial charge is 0.0598 e. The van der Waals surface area contributed by atoms with Crippen LogP contribution < -0.4 is 5.32 Å². The van der Waals surface area contributed by atoms with Gasteiger partial charge in [-0.05, 0) is 57.8 Å². The van der Waals surface area contributed by atoms with Gasteiger partial charge in [-0.2, -0.15) is 0 Å². The summed E-state index contributed by atoms with van der Waals surface area (Å²) in [4.78, 5) is 4.42. The Morgan fingerprint density at radius 2 is 1.81 bits per heavy atom. The normalized spacial score (nSPS) is 12.5. The molecule has 0 bridgehead atoms. The lowest BCUT2D eigenvalue weighted by molar-refractivity contribution is 0.632.